The third-order valence-corrected chi connectivity index (χ3v) is 3.06. The van der Waals surface area contributed by atoms with Gasteiger partial charge in [0.25, 0.3) is 0 Å². The molecule has 0 radical (unpaired) electrons. The molecule has 94 valence electrons. The molecule has 0 saturated carbocycles. The van der Waals surface area contributed by atoms with Crippen LogP contribution in [0.15, 0.2) is 0 Å². The van der Waals surface area contributed by atoms with Crippen LogP contribution >= 0.6 is 0 Å². The van der Waals surface area contributed by atoms with Gasteiger partial charge in [-0.1, -0.05) is 6.92 Å². The molecule has 1 fully saturated rings. The van der Waals surface area contributed by atoms with Crippen LogP contribution in [0.2, 0.25) is 0 Å². The molecule has 3 N–H and O–H groups in total. The van der Waals surface area contributed by atoms with Crippen LogP contribution in [0.5, 0.6) is 0 Å². The van der Waals surface area contributed by atoms with E-state index in [1.807, 2.05) is 4.90 Å². The SMILES string of the molecule is CNC(=O)N1CCCN(CC(C)CN)CC1. The summed E-state index contributed by atoms with van der Waals surface area (Å²) in [6.07, 6.45) is 1.05. The number of amides is 2. The van der Waals surface area contributed by atoms with Crippen molar-refractivity contribution in [3.05, 3.63) is 0 Å². The maximum Gasteiger partial charge on any atom is 0.317 e. The molecule has 0 bridgehead atoms. The van der Waals surface area contributed by atoms with Crippen molar-refractivity contribution in [3.63, 3.8) is 0 Å². The second-order valence-corrected chi connectivity index (χ2v) is 4.54. The Kier molecular flexibility index (Phi) is 5.55. The maximum atomic E-state index is 11.5. The Balaban J connectivity index is 2.37. The molecule has 0 aliphatic carbocycles. The van der Waals surface area contributed by atoms with Crippen molar-refractivity contribution in [2.75, 3.05) is 46.3 Å². The van der Waals surface area contributed by atoms with E-state index in [9.17, 15) is 4.79 Å². The van der Waals surface area contributed by atoms with Gasteiger partial charge >= 0.3 is 6.03 Å². The van der Waals surface area contributed by atoms with E-state index in [0.717, 1.165) is 45.7 Å². The van der Waals surface area contributed by atoms with E-state index in [1.165, 1.54) is 0 Å². The molecule has 5 nitrogen and oxygen atoms in total. The van der Waals surface area contributed by atoms with Gasteiger partial charge in [-0.3, -0.25) is 0 Å². The number of carbonyl (C=O) groups excluding carboxylic acids is 1. The predicted molar refractivity (Wildman–Crippen MR) is 65.3 cm³/mol. The van der Waals surface area contributed by atoms with Crippen molar-refractivity contribution in [1.82, 2.24) is 15.1 Å². The first-order chi connectivity index (χ1) is 7.67. The molecular weight excluding hydrogens is 204 g/mol. The van der Waals surface area contributed by atoms with E-state index < -0.39 is 0 Å². The summed E-state index contributed by atoms with van der Waals surface area (Å²) < 4.78 is 0. The van der Waals surface area contributed by atoms with Gasteiger partial charge in [-0.25, -0.2) is 4.79 Å². The normalized spacial score (nSPS) is 20.3. The fourth-order valence-corrected chi connectivity index (χ4v) is 2.03. The molecule has 0 aromatic heterocycles. The smallest absolute Gasteiger partial charge is 0.317 e. The van der Waals surface area contributed by atoms with Gasteiger partial charge in [0.15, 0.2) is 0 Å². The first-order valence-corrected chi connectivity index (χ1v) is 6.06. The van der Waals surface area contributed by atoms with Crippen LogP contribution in [-0.4, -0.2) is 62.1 Å². The average Bonchev–Trinajstić information content (AvgIpc) is 2.53. The van der Waals surface area contributed by atoms with Crippen molar-refractivity contribution >= 4 is 6.03 Å². The molecule has 0 aromatic rings. The summed E-state index contributed by atoms with van der Waals surface area (Å²) in [5.41, 5.74) is 5.62. The summed E-state index contributed by atoms with van der Waals surface area (Å²) in [6.45, 7) is 7.63. The Bertz CT molecular complexity index is 222. The number of rotatable bonds is 3. The fraction of sp³-hybridized carbons (Fsp3) is 0.909. The zero-order valence-electron chi connectivity index (χ0n) is 10.4. The van der Waals surface area contributed by atoms with E-state index in [2.05, 4.69) is 17.1 Å². The number of nitrogens with one attached hydrogen (secondary N) is 1. The molecule has 0 spiro atoms. The van der Waals surface area contributed by atoms with Gasteiger partial charge in [-0.2, -0.15) is 0 Å². The second-order valence-electron chi connectivity index (χ2n) is 4.54. The van der Waals surface area contributed by atoms with Gasteiger partial charge in [-0.15, -0.1) is 0 Å². The van der Waals surface area contributed by atoms with Crippen LogP contribution in [0, 0.1) is 5.92 Å². The Morgan fingerprint density at radius 2 is 2.12 bits per heavy atom. The molecule has 5 heteroatoms. The van der Waals surface area contributed by atoms with Crippen molar-refractivity contribution < 1.29 is 4.79 Å². The summed E-state index contributed by atoms with van der Waals surface area (Å²) >= 11 is 0. The van der Waals surface area contributed by atoms with E-state index in [0.29, 0.717) is 5.92 Å². The molecule has 1 heterocycles. The molecule has 1 unspecified atom stereocenters. The third-order valence-electron chi connectivity index (χ3n) is 3.06. The number of nitrogens with zero attached hydrogens (tertiary/aromatic N) is 2. The minimum Gasteiger partial charge on any atom is -0.341 e. The highest BCUT2D eigenvalue weighted by Crippen LogP contribution is 2.05. The summed E-state index contributed by atoms with van der Waals surface area (Å²) in [4.78, 5) is 15.8. The molecule has 1 rings (SSSR count). The van der Waals surface area contributed by atoms with Crippen LogP contribution in [-0.2, 0) is 0 Å². The van der Waals surface area contributed by atoms with Gasteiger partial charge in [0.1, 0.15) is 0 Å². The van der Waals surface area contributed by atoms with Crippen LogP contribution in [0.4, 0.5) is 4.79 Å². The molecule has 2 amide bonds. The highest BCUT2D eigenvalue weighted by Gasteiger charge is 2.18. The van der Waals surface area contributed by atoms with Crippen molar-refractivity contribution in [2.24, 2.45) is 11.7 Å². The topological polar surface area (TPSA) is 61.6 Å². The number of carbonyl (C=O) groups is 1. The highest BCUT2D eigenvalue weighted by molar-refractivity contribution is 5.73. The molecule has 16 heavy (non-hydrogen) atoms. The zero-order valence-corrected chi connectivity index (χ0v) is 10.4. The Hall–Kier alpha value is -0.810. The molecule has 1 aliphatic heterocycles. The lowest BCUT2D eigenvalue weighted by molar-refractivity contribution is 0.198. The van der Waals surface area contributed by atoms with Gasteiger partial charge in [0, 0.05) is 33.2 Å². The van der Waals surface area contributed by atoms with Gasteiger partial charge in [0.05, 0.1) is 0 Å². The van der Waals surface area contributed by atoms with Gasteiger partial charge in [-0.05, 0) is 25.4 Å². The van der Waals surface area contributed by atoms with E-state index >= 15 is 0 Å². The zero-order chi connectivity index (χ0) is 12.0. The number of hydrogen-bond acceptors (Lipinski definition) is 3. The quantitative estimate of drug-likeness (QED) is 0.711. The standard InChI is InChI=1S/C11H24N4O/c1-10(8-12)9-14-4-3-5-15(7-6-14)11(16)13-2/h10H,3-9,12H2,1-2H3,(H,13,16). The second kappa shape index (κ2) is 6.70. The summed E-state index contributed by atoms with van der Waals surface area (Å²) in [7, 11) is 1.68. The number of hydrogen-bond donors (Lipinski definition) is 2. The molecule has 1 aliphatic rings. The average molecular weight is 228 g/mol. The van der Waals surface area contributed by atoms with Crippen molar-refractivity contribution in [3.8, 4) is 0 Å². The monoisotopic (exact) mass is 228 g/mol. The van der Waals surface area contributed by atoms with Crippen LogP contribution in [0.3, 0.4) is 0 Å². The molecule has 0 aromatic carbocycles. The fourth-order valence-electron chi connectivity index (χ4n) is 2.03. The minimum absolute atomic E-state index is 0.0359. The highest BCUT2D eigenvalue weighted by atomic mass is 16.2. The van der Waals surface area contributed by atoms with E-state index in [-0.39, 0.29) is 6.03 Å². The molecule has 1 saturated heterocycles. The minimum atomic E-state index is 0.0359. The van der Waals surface area contributed by atoms with Crippen LogP contribution < -0.4 is 11.1 Å². The van der Waals surface area contributed by atoms with Gasteiger partial charge < -0.3 is 20.9 Å². The Morgan fingerprint density at radius 1 is 1.38 bits per heavy atom. The first-order valence-electron chi connectivity index (χ1n) is 6.06. The maximum absolute atomic E-state index is 11.5. The van der Waals surface area contributed by atoms with E-state index in [1.54, 1.807) is 7.05 Å². The van der Waals surface area contributed by atoms with Crippen LogP contribution in [0.1, 0.15) is 13.3 Å². The number of urea groups is 1. The van der Waals surface area contributed by atoms with Crippen molar-refractivity contribution in [2.45, 2.75) is 13.3 Å². The number of nitrogens with two attached hydrogens (primary N) is 1. The van der Waals surface area contributed by atoms with E-state index in [4.69, 9.17) is 5.73 Å². The predicted octanol–water partition coefficient (Wildman–Crippen LogP) is -0.0717. The summed E-state index contributed by atoms with van der Waals surface area (Å²) in [6, 6.07) is 0.0359. The lowest BCUT2D eigenvalue weighted by Crippen LogP contribution is -2.41. The lowest BCUT2D eigenvalue weighted by Gasteiger charge is -2.23. The molecular formula is C11H24N4O. The summed E-state index contributed by atoms with van der Waals surface area (Å²) in [5.74, 6) is 0.534. The summed E-state index contributed by atoms with van der Waals surface area (Å²) in [5, 5.41) is 2.68. The molecule has 1 atom stereocenters. The van der Waals surface area contributed by atoms with Crippen molar-refractivity contribution in [1.29, 1.82) is 0 Å². The first kappa shape index (κ1) is 13.3. The van der Waals surface area contributed by atoms with Crippen LogP contribution in [0.25, 0.3) is 0 Å². The van der Waals surface area contributed by atoms with Gasteiger partial charge in [0.2, 0.25) is 0 Å². The largest absolute Gasteiger partial charge is 0.341 e. The third kappa shape index (κ3) is 3.98. The Morgan fingerprint density at radius 3 is 2.75 bits per heavy atom. The lowest BCUT2D eigenvalue weighted by atomic mass is 10.1. The Labute approximate surface area is 98.0 Å².